The number of nitro benzene ring substituents is 1. The number of carbonyl (C=O) groups is 1. The summed E-state index contributed by atoms with van der Waals surface area (Å²) in [6, 6.07) is 5.50. The lowest BCUT2D eigenvalue weighted by Gasteiger charge is -1.99. The number of aldehydes is 1. The third-order valence-corrected chi connectivity index (χ3v) is 3.21. The van der Waals surface area contributed by atoms with Gasteiger partial charge in [-0.3, -0.25) is 14.9 Å². The minimum Gasteiger partial charge on any atom is -0.431 e. The number of nitro groups is 1. The molecule has 0 N–H and O–H groups in total. The van der Waals surface area contributed by atoms with E-state index in [0.29, 0.717) is 12.0 Å². The normalized spacial score (nSPS) is 10.1. The summed E-state index contributed by atoms with van der Waals surface area (Å²) >= 11 is 6.67. The highest BCUT2D eigenvalue weighted by molar-refractivity contribution is 7.15. The SMILES string of the molecule is O=Cc1sc(Oc2ccc([N+](=O)[O-])cc2)nc1Cl. The van der Waals surface area contributed by atoms with Gasteiger partial charge in [-0.2, -0.15) is 4.98 Å². The average Bonchev–Trinajstić information content (AvgIpc) is 2.70. The van der Waals surface area contributed by atoms with Gasteiger partial charge in [0, 0.05) is 12.1 Å². The molecule has 0 atom stereocenters. The highest BCUT2D eigenvalue weighted by Gasteiger charge is 2.11. The minimum atomic E-state index is -0.505. The summed E-state index contributed by atoms with van der Waals surface area (Å²) in [5.41, 5.74) is -0.0342. The van der Waals surface area contributed by atoms with Crippen LogP contribution in [0.5, 0.6) is 10.9 Å². The van der Waals surface area contributed by atoms with E-state index in [9.17, 15) is 14.9 Å². The zero-order chi connectivity index (χ0) is 13.1. The Kier molecular flexibility index (Phi) is 3.54. The first-order valence-corrected chi connectivity index (χ1v) is 5.83. The zero-order valence-electron chi connectivity index (χ0n) is 8.70. The van der Waals surface area contributed by atoms with Crippen molar-refractivity contribution >= 4 is 34.9 Å². The number of carbonyl (C=O) groups excluding carboxylic acids is 1. The van der Waals surface area contributed by atoms with Crippen LogP contribution >= 0.6 is 22.9 Å². The molecule has 0 aliphatic carbocycles. The largest absolute Gasteiger partial charge is 0.431 e. The Labute approximate surface area is 110 Å². The van der Waals surface area contributed by atoms with E-state index in [0.717, 1.165) is 11.3 Å². The summed E-state index contributed by atoms with van der Waals surface area (Å²) < 4.78 is 5.32. The predicted molar refractivity (Wildman–Crippen MR) is 65.7 cm³/mol. The molecule has 1 aromatic heterocycles. The highest BCUT2D eigenvalue weighted by Crippen LogP contribution is 2.31. The van der Waals surface area contributed by atoms with Gasteiger partial charge in [0.05, 0.1) is 4.92 Å². The van der Waals surface area contributed by atoms with Crippen LogP contribution in [0.2, 0.25) is 5.15 Å². The molecule has 0 amide bonds. The van der Waals surface area contributed by atoms with Crippen LogP contribution in [0.15, 0.2) is 24.3 Å². The van der Waals surface area contributed by atoms with Crippen molar-refractivity contribution < 1.29 is 14.5 Å². The first-order chi connectivity index (χ1) is 8.60. The molecule has 0 saturated heterocycles. The van der Waals surface area contributed by atoms with Gasteiger partial charge in [-0.05, 0) is 12.1 Å². The molecule has 0 fully saturated rings. The molecule has 0 aliphatic rings. The van der Waals surface area contributed by atoms with Crippen LogP contribution in [0.4, 0.5) is 5.69 Å². The molecule has 0 aliphatic heterocycles. The van der Waals surface area contributed by atoms with Crippen molar-refractivity contribution in [2.45, 2.75) is 0 Å². The molecule has 1 aromatic carbocycles. The van der Waals surface area contributed by atoms with E-state index in [1.807, 2.05) is 0 Å². The van der Waals surface area contributed by atoms with Crippen LogP contribution in [0.25, 0.3) is 0 Å². The Morgan fingerprint density at radius 2 is 2.06 bits per heavy atom. The van der Waals surface area contributed by atoms with Crippen molar-refractivity contribution in [3.05, 3.63) is 44.4 Å². The van der Waals surface area contributed by atoms with Gasteiger partial charge in [-0.15, -0.1) is 0 Å². The lowest BCUT2D eigenvalue weighted by atomic mass is 10.3. The second-order valence-corrected chi connectivity index (χ2v) is 4.46. The molecule has 0 saturated carbocycles. The molecule has 18 heavy (non-hydrogen) atoms. The fourth-order valence-corrected chi connectivity index (χ4v) is 2.08. The predicted octanol–water partition coefficient (Wildman–Crippen LogP) is 3.31. The number of halogens is 1. The molecule has 0 unspecified atom stereocenters. The van der Waals surface area contributed by atoms with E-state index >= 15 is 0 Å². The monoisotopic (exact) mass is 284 g/mol. The fraction of sp³-hybridized carbons (Fsp3) is 0. The number of benzene rings is 1. The lowest BCUT2D eigenvalue weighted by Crippen LogP contribution is -1.88. The van der Waals surface area contributed by atoms with Crippen molar-refractivity contribution in [1.29, 1.82) is 0 Å². The van der Waals surface area contributed by atoms with E-state index < -0.39 is 4.92 Å². The summed E-state index contributed by atoms with van der Waals surface area (Å²) in [5.74, 6) is 0.378. The average molecular weight is 285 g/mol. The van der Waals surface area contributed by atoms with E-state index in [2.05, 4.69) is 4.98 Å². The van der Waals surface area contributed by atoms with Gasteiger partial charge in [0.2, 0.25) is 0 Å². The number of rotatable bonds is 4. The third-order valence-electron chi connectivity index (χ3n) is 1.95. The van der Waals surface area contributed by atoms with Crippen LogP contribution < -0.4 is 4.74 Å². The topological polar surface area (TPSA) is 82.3 Å². The van der Waals surface area contributed by atoms with Gasteiger partial charge in [0.25, 0.3) is 10.9 Å². The van der Waals surface area contributed by atoms with Crippen LogP contribution in [-0.2, 0) is 0 Å². The number of ether oxygens (including phenoxy) is 1. The fourth-order valence-electron chi connectivity index (χ4n) is 1.15. The molecule has 0 spiro atoms. The van der Waals surface area contributed by atoms with Crippen LogP contribution in [0, 0.1) is 10.1 Å². The number of non-ortho nitro benzene ring substituents is 1. The standard InChI is InChI=1S/C10H5ClN2O4S/c11-9-8(5-14)18-10(12-9)17-7-3-1-6(2-4-7)13(15)16/h1-5H. The van der Waals surface area contributed by atoms with Gasteiger partial charge in [-0.25, -0.2) is 0 Å². The minimum absolute atomic E-state index is 0.0342. The molecule has 92 valence electrons. The van der Waals surface area contributed by atoms with Crippen LogP contribution in [-0.4, -0.2) is 16.2 Å². The Morgan fingerprint density at radius 1 is 1.39 bits per heavy atom. The van der Waals surface area contributed by atoms with E-state index in [4.69, 9.17) is 16.3 Å². The van der Waals surface area contributed by atoms with Crippen molar-refractivity contribution in [3.63, 3.8) is 0 Å². The molecule has 2 rings (SSSR count). The maximum atomic E-state index is 10.6. The van der Waals surface area contributed by atoms with Crippen LogP contribution in [0.1, 0.15) is 9.67 Å². The lowest BCUT2D eigenvalue weighted by molar-refractivity contribution is -0.384. The van der Waals surface area contributed by atoms with E-state index in [1.165, 1.54) is 24.3 Å². The zero-order valence-corrected chi connectivity index (χ0v) is 10.3. The van der Waals surface area contributed by atoms with Gasteiger partial charge >= 0.3 is 0 Å². The molecular formula is C10H5ClN2O4S. The highest BCUT2D eigenvalue weighted by atomic mass is 35.5. The van der Waals surface area contributed by atoms with Gasteiger partial charge in [-0.1, -0.05) is 22.9 Å². The van der Waals surface area contributed by atoms with Crippen molar-refractivity contribution in [1.82, 2.24) is 4.98 Å². The quantitative estimate of drug-likeness (QED) is 0.488. The summed E-state index contributed by atoms with van der Waals surface area (Å²) in [5, 5.41) is 10.7. The summed E-state index contributed by atoms with van der Waals surface area (Å²) in [6.45, 7) is 0. The molecule has 0 radical (unpaired) electrons. The number of hydrogen-bond donors (Lipinski definition) is 0. The van der Waals surface area contributed by atoms with E-state index in [1.54, 1.807) is 0 Å². The maximum Gasteiger partial charge on any atom is 0.280 e. The summed E-state index contributed by atoms with van der Waals surface area (Å²) in [6.07, 6.45) is 0.586. The first-order valence-electron chi connectivity index (χ1n) is 4.64. The number of nitrogens with zero attached hydrogens (tertiary/aromatic N) is 2. The summed E-state index contributed by atoms with van der Waals surface area (Å²) in [4.78, 5) is 24.6. The van der Waals surface area contributed by atoms with Gasteiger partial charge in [0.1, 0.15) is 10.6 Å². The molecule has 0 bridgehead atoms. The Balaban J connectivity index is 2.17. The molecule has 1 heterocycles. The number of aromatic nitrogens is 1. The number of thiazole rings is 1. The van der Waals surface area contributed by atoms with Crippen molar-refractivity contribution in [2.75, 3.05) is 0 Å². The van der Waals surface area contributed by atoms with E-state index in [-0.39, 0.29) is 20.9 Å². The summed E-state index contributed by atoms with van der Waals surface area (Å²) in [7, 11) is 0. The number of hydrogen-bond acceptors (Lipinski definition) is 6. The molecule has 6 nitrogen and oxygen atoms in total. The smallest absolute Gasteiger partial charge is 0.280 e. The first kappa shape index (κ1) is 12.5. The third kappa shape index (κ3) is 2.63. The molecule has 2 aromatic rings. The molecular weight excluding hydrogens is 280 g/mol. The van der Waals surface area contributed by atoms with Gasteiger partial charge < -0.3 is 4.74 Å². The maximum absolute atomic E-state index is 10.6. The van der Waals surface area contributed by atoms with Crippen LogP contribution in [0.3, 0.4) is 0 Å². The Hall–Kier alpha value is -1.99. The van der Waals surface area contributed by atoms with Crippen molar-refractivity contribution in [3.8, 4) is 10.9 Å². The van der Waals surface area contributed by atoms with Gasteiger partial charge in [0.15, 0.2) is 11.4 Å². The molecule has 8 heteroatoms. The Morgan fingerprint density at radius 3 is 2.56 bits per heavy atom. The Bertz CT molecular complexity index is 596. The second kappa shape index (κ2) is 5.11. The second-order valence-electron chi connectivity index (χ2n) is 3.11. The van der Waals surface area contributed by atoms with Crippen molar-refractivity contribution in [2.24, 2.45) is 0 Å².